The molecule has 1 saturated carbocycles. The summed E-state index contributed by atoms with van der Waals surface area (Å²) < 4.78 is 5.95. The van der Waals surface area contributed by atoms with E-state index in [4.69, 9.17) is 4.74 Å². The van der Waals surface area contributed by atoms with E-state index >= 15 is 0 Å². The number of rotatable bonds is 10. The van der Waals surface area contributed by atoms with Crippen LogP contribution in [-0.4, -0.2) is 59.3 Å². The smallest absolute Gasteiger partial charge is 0.119 e. The van der Waals surface area contributed by atoms with Crippen LogP contribution in [0.3, 0.4) is 0 Å². The number of hydrogen-bond donors (Lipinski definition) is 1. The van der Waals surface area contributed by atoms with Gasteiger partial charge < -0.3 is 14.7 Å². The molecule has 33 heavy (non-hydrogen) atoms. The van der Waals surface area contributed by atoms with Crippen LogP contribution < -0.4 is 4.74 Å². The molecule has 176 valence electrons. The second-order valence-corrected chi connectivity index (χ2v) is 9.50. The number of likely N-dealkylation sites (N-methyl/N-ethyl adjacent to an activating group) is 1. The van der Waals surface area contributed by atoms with Crippen LogP contribution in [0.15, 0.2) is 60.8 Å². The van der Waals surface area contributed by atoms with Gasteiger partial charge in [0.1, 0.15) is 18.5 Å². The number of benzene rings is 2. The third-order valence-corrected chi connectivity index (χ3v) is 6.67. The number of fused-ring (bicyclic) bond motifs is 1. The maximum absolute atomic E-state index is 10.5. The number of para-hydroxylation sites is 1. The average Bonchev–Trinajstić information content (AvgIpc) is 2.84. The molecular formula is C28H37N3O2. The number of ether oxygens (including phenoxy) is 1. The highest BCUT2D eigenvalue weighted by atomic mass is 16.5. The Morgan fingerprint density at radius 3 is 2.67 bits per heavy atom. The molecule has 1 aliphatic carbocycles. The van der Waals surface area contributed by atoms with Gasteiger partial charge in [-0.15, -0.1) is 0 Å². The summed E-state index contributed by atoms with van der Waals surface area (Å²) in [6.45, 7) is 2.65. The molecule has 0 aliphatic heterocycles. The molecule has 2 aromatic carbocycles. The Labute approximate surface area is 198 Å². The third kappa shape index (κ3) is 6.76. The number of pyridine rings is 1. The van der Waals surface area contributed by atoms with Gasteiger partial charge in [0.25, 0.3) is 0 Å². The molecule has 1 N–H and O–H groups in total. The first-order valence-corrected chi connectivity index (χ1v) is 12.2. The summed E-state index contributed by atoms with van der Waals surface area (Å²) in [5.41, 5.74) is 3.51. The van der Waals surface area contributed by atoms with Crippen molar-refractivity contribution in [2.75, 3.05) is 27.2 Å². The molecule has 1 aromatic heterocycles. The largest absolute Gasteiger partial charge is 0.491 e. The van der Waals surface area contributed by atoms with E-state index < -0.39 is 6.10 Å². The van der Waals surface area contributed by atoms with Gasteiger partial charge in [-0.3, -0.25) is 9.88 Å². The summed E-state index contributed by atoms with van der Waals surface area (Å²) in [6, 6.07) is 19.2. The molecule has 0 amide bonds. The van der Waals surface area contributed by atoms with Crippen molar-refractivity contribution >= 4 is 10.9 Å². The molecule has 0 saturated heterocycles. The highest BCUT2D eigenvalue weighted by molar-refractivity contribution is 5.81. The van der Waals surface area contributed by atoms with E-state index in [1.807, 2.05) is 24.4 Å². The lowest BCUT2D eigenvalue weighted by molar-refractivity contribution is 0.0561. The maximum Gasteiger partial charge on any atom is 0.119 e. The summed E-state index contributed by atoms with van der Waals surface area (Å²) in [4.78, 5) is 9.07. The third-order valence-electron chi connectivity index (χ3n) is 6.67. The lowest BCUT2D eigenvalue weighted by atomic mass is 9.94. The van der Waals surface area contributed by atoms with Gasteiger partial charge in [0.2, 0.25) is 0 Å². The van der Waals surface area contributed by atoms with Gasteiger partial charge in [-0.2, -0.15) is 0 Å². The number of aliphatic hydroxyl groups is 1. The fourth-order valence-electron chi connectivity index (χ4n) is 4.93. The lowest BCUT2D eigenvalue weighted by Crippen LogP contribution is -2.40. The van der Waals surface area contributed by atoms with E-state index in [0.29, 0.717) is 19.2 Å². The van der Waals surface area contributed by atoms with Gasteiger partial charge in [-0.1, -0.05) is 49.6 Å². The molecule has 0 spiro atoms. The Morgan fingerprint density at radius 2 is 1.82 bits per heavy atom. The van der Waals surface area contributed by atoms with Crippen molar-refractivity contribution in [1.82, 2.24) is 14.8 Å². The van der Waals surface area contributed by atoms with Crippen molar-refractivity contribution in [2.24, 2.45) is 0 Å². The second kappa shape index (κ2) is 11.6. The number of aliphatic hydroxyl groups excluding tert-OH is 1. The van der Waals surface area contributed by atoms with E-state index in [2.05, 4.69) is 65.3 Å². The van der Waals surface area contributed by atoms with Gasteiger partial charge in [0.05, 0.1) is 5.52 Å². The van der Waals surface area contributed by atoms with Crippen molar-refractivity contribution in [1.29, 1.82) is 0 Å². The summed E-state index contributed by atoms with van der Waals surface area (Å²) in [6.07, 6.45) is 7.85. The molecule has 4 rings (SSSR count). The highest BCUT2D eigenvalue weighted by Gasteiger charge is 2.20. The molecule has 0 unspecified atom stereocenters. The quantitative estimate of drug-likeness (QED) is 0.480. The predicted molar refractivity (Wildman–Crippen MR) is 134 cm³/mol. The summed E-state index contributed by atoms with van der Waals surface area (Å²) in [5, 5.41) is 11.7. The van der Waals surface area contributed by atoms with Crippen molar-refractivity contribution in [3.05, 3.63) is 71.9 Å². The normalized spacial score (nSPS) is 15.9. The molecule has 3 aromatic rings. The zero-order valence-electron chi connectivity index (χ0n) is 20.0. The topological polar surface area (TPSA) is 48.8 Å². The molecule has 1 heterocycles. The summed E-state index contributed by atoms with van der Waals surface area (Å²) in [7, 11) is 4.26. The molecule has 5 nitrogen and oxygen atoms in total. The zero-order valence-corrected chi connectivity index (χ0v) is 20.0. The molecule has 5 heteroatoms. The van der Waals surface area contributed by atoms with E-state index in [1.54, 1.807) is 0 Å². The SMILES string of the molecule is CN(Cc1cccc(OC[C@H](O)CN(C)C2CCCCC2)c1)Cc1ccnc2ccccc12. The molecule has 1 aliphatic rings. The van der Waals surface area contributed by atoms with Crippen LogP contribution in [-0.2, 0) is 13.1 Å². The van der Waals surface area contributed by atoms with E-state index in [9.17, 15) is 5.11 Å². The highest BCUT2D eigenvalue weighted by Crippen LogP contribution is 2.22. The van der Waals surface area contributed by atoms with Crippen LogP contribution in [0.25, 0.3) is 10.9 Å². The van der Waals surface area contributed by atoms with E-state index in [-0.39, 0.29) is 0 Å². The zero-order chi connectivity index (χ0) is 23.0. The Balaban J connectivity index is 1.28. The molecular weight excluding hydrogens is 410 g/mol. The van der Waals surface area contributed by atoms with Gasteiger partial charge in [-0.25, -0.2) is 0 Å². The summed E-state index contributed by atoms with van der Waals surface area (Å²) in [5.74, 6) is 0.814. The minimum atomic E-state index is -0.483. The van der Waals surface area contributed by atoms with Gasteiger partial charge in [0.15, 0.2) is 0 Å². The molecule has 1 atom stereocenters. The van der Waals surface area contributed by atoms with Crippen LogP contribution >= 0.6 is 0 Å². The Bertz CT molecular complexity index is 1010. The Kier molecular flexibility index (Phi) is 8.32. The fraction of sp³-hybridized carbons (Fsp3) is 0.464. The maximum atomic E-state index is 10.5. The standard InChI is InChI=1S/C28H37N3O2/c1-30(19-23-15-16-29-28-14-7-6-13-27(23)28)18-22-9-8-12-26(17-22)33-21-25(32)20-31(2)24-10-4-3-5-11-24/h6-9,12-17,24-25,32H,3-5,10-11,18-21H2,1-2H3/t25-/m1/s1. The van der Waals surface area contributed by atoms with Crippen molar-refractivity contribution in [3.8, 4) is 5.75 Å². The Morgan fingerprint density at radius 1 is 1.00 bits per heavy atom. The minimum absolute atomic E-state index is 0.319. The molecule has 0 radical (unpaired) electrons. The number of aromatic nitrogens is 1. The van der Waals surface area contributed by atoms with Crippen molar-refractivity contribution in [2.45, 2.75) is 57.3 Å². The molecule has 1 fully saturated rings. The average molecular weight is 448 g/mol. The van der Waals surface area contributed by atoms with Crippen molar-refractivity contribution in [3.63, 3.8) is 0 Å². The van der Waals surface area contributed by atoms with Gasteiger partial charge in [0, 0.05) is 37.3 Å². The van der Waals surface area contributed by atoms with Crippen LogP contribution in [0, 0.1) is 0 Å². The predicted octanol–water partition coefficient (Wildman–Crippen LogP) is 4.87. The monoisotopic (exact) mass is 447 g/mol. The van der Waals surface area contributed by atoms with Crippen LogP contribution in [0.4, 0.5) is 0 Å². The number of nitrogens with zero attached hydrogens (tertiary/aromatic N) is 3. The Hall–Kier alpha value is -2.47. The lowest BCUT2D eigenvalue weighted by Gasteiger charge is -2.32. The van der Waals surface area contributed by atoms with E-state index in [0.717, 1.165) is 24.4 Å². The van der Waals surface area contributed by atoms with E-state index in [1.165, 1.54) is 48.6 Å². The second-order valence-electron chi connectivity index (χ2n) is 9.50. The van der Waals surface area contributed by atoms with Crippen molar-refractivity contribution < 1.29 is 9.84 Å². The first-order chi connectivity index (χ1) is 16.1. The first-order valence-electron chi connectivity index (χ1n) is 12.2. The van der Waals surface area contributed by atoms with Crippen LogP contribution in [0.2, 0.25) is 0 Å². The van der Waals surface area contributed by atoms with Crippen LogP contribution in [0.1, 0.15) is 43.2 Å². The van der Waals surface area contributed by atoms with Gasteiger partial charge >= 0.3 is 0 Å². The van der Waals surface area contributed by atoms with Gasteiger partial charge in [-0.05, 0) is 62.3 Å². The first kappa shape index (κ1) is 23.7. The fourth-order valence-corrected chi connectivity index (χ4v) is 4.93. The number of hydrogen-bond acceptors (Lipinski definition) is 5. The summed E-state index contributed by atoms with van der Waals surface area (Å²) >= 11 is 0. The molecule has 0 bridgehead atoms. The minimum Gasteiger partial charge on any atom is -0.491 e. The van der Waals surface area contributed by atoms with Crippen LogP contribution in [0.5, 0.6) is 5.75 Å².